The van der Waals surface area contributed by atoms with Gasteiger partial charge in [0.15, 0.2) is 0 Å². The van der Waals surface area contributed by atoms with Crippen molar-refractivity contribution in [1.29, 1.82) is 0 Å². The minimum atomic E-state index is -0.141. The molecule has 1 aromatic carbocycles. The lowest BCUT2D eigenvalue weighted by Gasteiger charge is -2.41. The fourth-order valence-electron chi connectivity index (χ4n) is 5.96. The molecule has 11 heteroatoms. The molecule has 3 aromatic heterocycles. The van der Waals surface area contributed by atoms with Gasteiger partial charge in [0, 0.05) is 85.0 Å². The maximum atomic E-state index is 13.6. The van der Waals surface area contributed by atoms with Crippen molar-refractivity contribution in [2.75, 3.05) is 38.5 Å². The number of halogens is 1. The first kappa shape index (κ1) is 26.9. The fraction of sp³-hybridized carbons (Fsp3) is 0.483. The van der Waals surface area contributed by atoms with Gasteiger partial charge in [-0.1, -0.05) is 28.9 Å². The van der Waals surface area contributed by atoms with Crippen molar-refractivity contribution >= 4 is 28.6 Å². The highest BCUT2D eigenvalue weighted by atomic mass is 35.5. The molecule has 6 rings (SSSR count). The molecule has 1 aliphatic heterocycles. The van der Waals surface area contributed by atoms with Crippen LogP contribution in [0.15, 0.2) is 39.8 Å². The largest absolute Gasteiger partial charge is 0.351 e. The molecule has 0 radical (unpaired) electrons. The normalized spacial score (nSPS) is 20.7. The zero-order chi connectivity index (χ0) is 27.8. The number of piperazine rings is 1. The third kappa shape index (κ3) is 5.35. The van der Waals surface area contributed by atoms with Gasteiger partial charge in [0.2, 0.25) is 17.7 Å². The number of benzene rings is 1. The van der Waals surface area contributed by atoms with Gasteiger partial charge in [0.25, 0.3) is 5.56 Å². The van der Waals surface area contributed by atoms with E-state index in [4.69, 9.17) is 21.1 Å². The Morgan fingerprint density at radius 2 is 1.82 bits per heavy atom. The van der Waals surface area contributed by atoms with Crippen LogP contribution in [0, 0.1) is 6.92 Å². The Morgan fingerprint density at radius 3 is 2.50 bits per heavy atom. The van der Waals surface area contributed by atoms with Gasteiger partial charge in [-0.25, -0.2) is 4.98 Å². The number of fused-ring (bicyclic) bond motifs is 1. The number of aryl methyl sites for hydroxylation is 2. The summed E-state index contributed by atoms with van der Waals surface area (Å²) >= 11 is 6.66. The molecule has 2 aliphatic rings. The third-order valence-electron chi connectivity index (χ3n) is 8.27. The summed E-state index contributed by atoms with van der Waals surface area (Å²) in [7, 11) is 2.20. The summed E-state index contributed by atoms with van der Waals surface area (Å²) < 4.78 is 6.77. The van der Waals surface area contributed by atoms with Crippen LogP contribution in [0.3, 0.4) is 0 Å². The second-order valence-electron chi connectivity index (χ2n) is 10.9. The van der Waals surface area contributed by atoms with Crippen molar-refractivity contribution in [3.63, 3.8) is 0 Å². The van der Waals surface area contributed by atoms with Crippen LogP contribution in [-0.2, 0) is 6.54 Å². The summed E-state index contributed by atoms with van der Waals surface area (Å²) in [4.78, 5) is 32.4. The van der Waals surface area contributed by atoms with Crippen LogP contribution in [0.25, 0.3) is 33.5 Å². The molecule has 1 N–H and O–H groups in total. The van der Waals surface area contributed by atoms with Crippen LogP contribution in [0.1, 0.15) is 38.5 Å². The predicted molar refractivity (Wildman–Crippen MR) is 157 cm³/mol. The minimum absolute atomic E-state index is 0.141. The van der Waals surface area contributed by atoms with Crippen molar-refractivity contribution in [3.05, 3.63) is 51.7 Å². The Hall–Kier alpha value is -3.34. The molecular formula is C29H35ClN8O2. The van der Waals surface area contributed by atoms with Crippen LogP contribution >= 0.6 is 11.6 Å². The number of likely N-dealkylation sites (N-methyl/N-ethyl adjacent to an activating group) is 1. The van der Waals surface area contributed by atoms with Gasteiger partial charge in [0.1, 0.15) is 5.65 Å². The van der Waals surface area contributed by atoms with Crippen LogP contribution in [0.5, 0.6) is 0 Å². The summed E-state index contributed by atoms with van der Waals surface area (Å²) in [5, 5.41) is 8.73. The van der Waals surface area contributed by atoms with E-state index in [2.05, 4.69) is 37.3 Å². The van der Waals surface area contributed by atoms with Gasteiger partial charge in [-0.15, -0.1) is 0 Å². The number of anilines is 1. The maximum absolute atomic E-state index is 13.6. The number of pyridine rings is 1. The van der Waals surface area contributed by atoms with Gasteiger partial charge in [-0.05, 0) is 51.8 Å². The first-order chi connectivity index (χ1) is 19.4. The molecule has 1 saturated heterocycles. The lowest BCUT2D eigenvalue weighted by atomic mass is 9.90. The SMILES string of the molecule is CCn1c(=O)c(-c2ccc(-c3noc(C)n3)cc2Cl)cc2cnc(N[C@H]3CC[C@H](N4CCN(C)CC4)CC3)nc21. The van der Waals surface area contributed by atoms with Gasteiger partial charge >= 0.3 is 0 Å². The Bertz CT molecular complexity index is 1570. The molecule has 2 fully saturated rings. The number of aromatic nitrogens is 5. The van der Waals surface area contributed by atoms with Gasteiger partial charge < -0.3 is 14.7 Å². The number of rotatable bonds is 6. The Morgan fingerprint density at radius 1 is 1.05 bits per heavy atom. The van der Waals surface area contributed by atoms with Gasteiger partial charge in [-0.3, -0.25) is 14.3 Å². The van der Waals surface area contributed by atoms with E-state index in [1.807, 2.05) is 25.1 Å². The van der Waals surface area contributed by atoms with E-state index in [1.54, 1.807) is 23.8 Å². The van der Waals surface area contributed by atoms with Crippen LogP contribution in [0.2, 0.25) is 5.02 Å². The zero-order valence-electron chi connectivity index (χ0n) is 23.2. The van der Waals surface area contributed by atoms with Crippen molar-refractivity contribution in [1.82, 2.24) is 34.5 Å². The Kier molecular flexibility index (Phi) is 7.57. The van der Waals surface area contributed by atoms with E-state index in [9.17, 15) is 4.79 Å². The number of hydrogen-bond donors (Lipinski definition) is 1. The molecule has 1 aliphatic carbocycles. The average Bonchev–Trinajstić information content (AvgIpc) is 3.40. The highest BCUT2D eigenvalue weighted by Gasteiger charge is 2.28. The summed E-state index contributed by atoms with van der Waals surface area (Å²) in [5.74, 6) is 1.50. The second kappa shape index (κ2) is 11.3. The molecule has 0 spiro atoms. The quantitative estimate of drug-likeness (QED) is 0.364. The summed E-state index contributed by atoms with van der Waals surface area (Å²) in [5.41, 5.74) is 2.34. The molecule has 0 bridgehead atoms. The van der Waals surface area contributed by atoms with E-state index in [0.29, 0.717) is 58.1 Å². The number of nitrogens with zero attached hydrogens (tertiary/aromatic N) is 7. The average molecular weight is 563 g/mol. The van der Waals surface area contributed by atoms with Crippen LogP contribution < -0.4 is 10.9 Å². The number of nitrogens with one attached hydrogen (secondary N) is 1. The summed E-state index contributed by atoms with van der Waals surface area (Å²) in [6, 6.07) is 8.25. The highest BCUT2D eigenvalue weighted by Crippen LogP contribution is 2.32. The predicted octanol–water partition coefficient (Wildman–Crippen LogP) is 4.46. The topological polar surface area (TPSA) is 105 Å². The summed E-state index contributed by atoms with van der Waals surface area (Å²) in [6.07, 6.45) is 6.35. The highest BCUT2D eigenvalue weighted by molar-refractivity contribution is 6.33. The fourth-order valence-corrected chi connectivity index (χ4v) is 6.24. The third-order valence-corrected chi connectivity index (χ3v) is 8.59. The van der Waals surface area contributed by atoms with Crippen molar-refractivity contribution in [3.8, 4) is 22.5 Å². The number of hydrogen-bond acceptors (Lipinski definition) is 9. The first-order valence-electron chi connectivity index (χ1n) is 14.1. The van der Waals surface area contributed by atoms with Gasteiger partial charge in [0.05, 0.1) is 0 Å². The summed E-state index contributed by atoms with van der Waals surface area (Å²) in [6.45, 7) is 8.80. The molecular weight excluding hydrogens is 528 g/mol. The van der Waals surface area contributed by atoms with E-state index in [0.717, 1.165) is 50.0 Å². The lowest BCUT2D eigenvalue weighted by molar-refractivity contribution is 0.0894. The van der Waals surface area contributed by atoms with Crippen molar-refractivity contribution in [2.45, 2.75) is 58.2 Å². The van der Waals surface area contributed by atoms with Crippen LogP contribution in [-0.4, -0.2) is 79.8 Å². The molecule has 4 heterocycles. The Balaban J connectivity index is 1.21. The maximum Gasteiger partial charge on any atom is 0.260 e. The first-order valence-corrected chi connectivity index (χ1v) is 14.5. The van der Waals surface area contributed by atoms with Crippen molar-refractivity contribution in [2.24, 2.45) is 0 Å². The minimum Gasteiger partial charge on any atom is -0.351 e. The van der Waals surface area contributed by atoms with Gasteiger partial charge in [-0.2, -0.15) is 9.97 Å². The molecule has 0 unspecified atom stereocenters. The molecule has 10 nitrogen and oxygen atoms in total. The van der Waals surface area contributed by atoms with Crippen LogP contribution in [0.4, 0.5) is 5.95 Å². The standard InChI is InChI=1S/C29H35ClN8O2/c1-4-38-27-20(15-24(28(38)39)23-10-5-19(16-25(23)30)26-32-18(2)40-35-26)17-31-29(34-27)33-21-6-8-22(9-7-21)37-13-11-36(3)12-14-37/h5,10,15-17,21-22H,4,6-9,11-14H2,1-3H3,(H,31,33,34)/t21-,22-. The lowest BCUT2D eigenvalue weighted by Crippen LogP contribution is -2.50. The molecule has 0 atom stereocenters. The molecule has 1 saturated carbocycles. The molecule has 4 aromatic rings. The van der Waals surface area contributed by atoms with E-state index in [1.165, 1.54) is 12.8 Å². The smallest absolute Gasteiger partial charge is 0.260 e. The molecule has 40 heavy (non-hydrogen) atoms. The van der Waals surface area contributed by atoms with E-state index in [-0.39, 0.29) is 5.56 Å². The second-order valence-corrected chi connectivity index (χ2v) is 11.3. The Labute approximate surface area is 238 Å². The molecule has 210 valence electrons. The van der Waals surface area contributed by atoms with E-state index < -0.39 is 0 Å². The van der Waals surface area contributed by atoms with Crippen molar-refractivity contribution < 1.29 is 4.52 Å². The molecule has 0 amide bonds. The zero-order valence-corrected chi connectivity index (χ0v) is 24.0. The monoisotopic (exact) mass is 562 g/mol. The van der Waals surface area contributed by atoms with E-state index >= 15 is 0 Å².